The highest BCUT2D eigenvalue weighted by molar-refractivity contribution is 7.84. The van der Waals surface area contributed by atoms with Gasteiger partial charge in [0.1, 0.15) is 23.7 Å². The summed E-state index contributed by atoms with van der Waals surface area (Å²) in [4.78, 5) is 0. The standard InChI is InChI=1S/C21H19F4N5O4S/c22-14-3-6-16(17(23)7-14)20(31,11-30-12-27-28-29-30)21(24,25)19-8-18(9-19,10-19)13-1-4-15(5-2-13)34-35(26,32)33/h1-7,12,31H,8-11H2,(H2,26,32,33)/t18?,19?,20-/m0/s1. The Morgan fingerprint density at radius 2 is 1.77 bits per heavy atom. The molecule has 14 heteroatoms. The van der Waals surface area contributed by atoms with E-state index in [4.69, 9.17) is 5.14 Å². The Labute approximate surface area is 196 Å². The second-order valence-electron chi connectivity index (χ2n) is 9.26. The molecule has 3 fully saturated rings. The molecule has 3 N–H and O–H groups in total. The highest BCUT2D eigenvalue weighted by atomic mass is 32.2. The van der Waals surface area contributed by atoms with E-state index in [1.54, 1.807) is 12.1 Å². The van der Waals surface area contributed by atoms with Crippen LogP contribution >= 0.6 is 0 Å². The maximum absolute atomic E-state index is 16.1. The van der Waals surface area contributed by atoms with E-state index < -0.39 is 56.4 Å². The van der Waals surface area contributed by atoms with Crippen molar-refractivity contribution in [2.24, 2.45) is 10.6 Å². The van der Waals surface area contributed by atoms with Gasteiger partial charge in [0.15, 0.2) is 5.60 Å². The minimum absolute atomic E-state index is 0.0108. The molecule has 1 heterocycles. The van der Waals surface area contributed by atoms with Crippen molar-refractivity contribution in [1.29, 1.82) is 0 Å². The van der Waals surface area contributed by atoms with Crippen LogP contribution in [0.25, 0.3) is 0 Å². The third-order valence-electron chi connectivity index (χ3n) is 7.05. The Kier molecular flexibility index (Phi) is 5.03. The average Bonchev–Trinajstić information content (AvgIpc) is 3.18. The molecule has 3 aromatic rings. The van der Waals surface area contributed by atoms with Crippen molar-refractivity contribution in [2.45, 2.75) is 42.7 Å². The van der Waals surface area contributed by atoms with E-state index in [1.165, 1.54) is 12.1 Å². The van der Waals surface area contributed by atoms with Crippen LogP contribution in [0, 0.1) is 17.0 Å². The monoisotopic (exact) mass is 513 g/mol. The van der Waals surface area contributed by atoms with Gasteiger partial charge in [0.05, 0.1) is 6.54 Å². The summed E-state index contributed by atoms with van der Waals surface area (Å²) in [5, 5.41) is 26.5. The van der Waals surface area contributed by atoms with Gasteiger partial charge in [0.25, 0.3) is 5.92 Å². The van der Waals surface area contributed by atoms with Crippen molar-refractivity contribution in [3.05, 3.63) is 71.6 Å². The number of hydrogen-bond acceptors (Lipinski definition) is 7. The zero-order chi connectivity index (χ0) is 25.3. The first-order chi connectivity index (χ1) is 16.3. The molecule has 186 valence electrons. The lowest BCUT2D eigenvalue weighted by Gasteiger charge is -2.74. The van der Waals surface area contributed by atoms with Crippen molar-refractivity contribution >= 4 is 10.3 Å². The first-order valence-corrected chi connectivity index (χ1v) is 11.9. The molecule has 1 atom stereocenters. The molecule has 9 nitrogen and oxygen atoms in total. The highest BCUT2D eigenvalue weighted by Gasteiger charge is 2.82. The average molecular weight is 513 g/mol. The fourth-order valence-electron chi connectivity index (χ4n) is 5.53. The van der Waals surface area contributed by atoms with Gasteiger partial charge in [-0.15, -0.1) is 5.10 Å². The fraction of sp³-hybridized carbons (Fsp3) is 0.381. The maximum Gasteiger partial charge on any atom is 0.380 e. The van der Waals surface area contributed by atoms with Crippen LogP contribution in [0.1, 0.15) is 30.4 Å². The fourth-order valence-corrected chi connectivity index (χ4v) is 5.91. The van der Waals surface area contributed by atoms with Crippen molar-refractivity contribution in [3.8, 4) is 5.75 Å². The van der Waals surface area contributed by atoms with Crippen LogP contribution < -0.4 is 9.32 Å². The molecule has 0 radical (unpaired) electrons. The van der Waals surface area contributed by atoms with Crippen LogP contribution in [0.5, 0.6) is 5.75 Å². The second-order valence-corrected chi connectivity index (χ2v) is 10.4. The summed E-state index contributed by atoms with van der Waals surface area (Å²) in [6.45, 7) is -0.857. The number of nitrogens with zero attached hydrogens (tertiary/aromatic N) is 4. The minimum atomic E-state index is -4.20. The molecule has 0 aliphatic heterocycles. The van der Waals surface area contributed by atoms with Crippen LogP contribution in [-0.2, 0) is 27.9 Å². The molecule has 0 unspecified atom stereocenters. The van der Waals surface area contributed by atoms with Gasteiger partial charge in [-0.05, 0) is 64.9 Å². The van der Waals surface area contributed by atoms with Crippen LogP contribution in [0.2, 0.25) is 0 Å². The SMILES string of the molecule is NS(=O)(=O)Oc1ccc(C23CC(C(F)(F)[C@](O)(Cn4cnnn4)c4ccc(F)cc4F)(C2)C3)cc1. The molecule has 2 aromatic carbocycles. The maximum atomic E-state index is 16.1. The Morgan fingerprint density at radius 1 is 1.11 bits per heavy atom. The Balaban J connectivity index is 1.44. The Bertz CT molecular complexity index is 1370. The van der Waals surface area contributed by atoms with Gasteiger partial charge in [-0.1, -0.05) is 12.1 Å². The lowest BCUT2D eigenvalue weighted by atomic mass is 9.30. The zero-order valence-electron chi connectivity index (χ0n) is 17.9. The van der Waals surface area contributed by atoms with E-state index in [-0.39, 0.29) is 25.0 Å². The van der Waals surface area contributed by atoms with Crippen LogP contribution in [0.15, 0.2) is 48.8 Å². The van der Waals surface area contributed by atoms with Crippen molar-refractivity contribution in [3.63, 3.8) is 0 Å². The lowest BCUT2D eigenvalue weighted by Crippen LogP contribution is -2.76. The number of halogens is 4. The second kappa shape index (κ2) is 7.45. The van der Waals surface area contributed by atoms with Crippen LogP contribution in [0.4, 0.5) is 17.6 Å². The predicted octanol–water partition coefficient (Wildman–Crippen LogP) is 2.18. The lowest BCUT2D eigenvalue weighted by molar-refractivity contribution is -0.347. The largest absolute Gasteiger partial charge is 0.380 e. The van der Waals surface area contributed by atoms with Gasteiger partial charge in [-0.2, -0.15) is 13.6 Å². The molecular formula is C21H19F4N5O4S. The van der Waals surface area contributed by atoms with Crippen molar-refractivity contribution < 1.29 is 35.3 Å². The van der Waals surface area contributed by atoms with E-state index in [0.717, 1.165) is 23.1 Å². The van der Waals surface area contributed by atoms with E-state index in [2.05, 4.69) is 19.7 Å². The Hall–Kier alpha value is -3.10. The molecule has 6 rings (SSSR count). The molecule has 0 spiro atoms. The predicted molar refractivity (Wildman–Crippen MR) is 111 cm³/mol. The number of rotatable bonds is 8. The number of nitrogens with two attached hydrogens (primary N) is 1. The van der Waals surface area contributed by atoms with E-state index in [0.29, 0.717) is 11.6 Å². The number of benzene rings is 2. The third kappa shape index (κ3) is 3.58. The smallest absolute Gasteiger partial charge is 0.377 e. The van der Waals surface area contributed by atoms with E-state index >= 15 is 8.78 Å². The van der Waals surface area contributed by atoms with Crippen molar-refractivity contribution in [1.82, 2.24) is 20.2 Å². The summed E-state index contributed by atoms with van der Waals surface area (Å²) in [5.74, 6) is -6.15. The summed E-state index contributed by atoms with van der Waals surface area (Å²) < 4.78 is 88.0. The molecular weight excluding hydrogens is 494 g/mol. The van der Waals surface area contributed by atoms with Gasteiger partial charge in [-0.3, -0.25) is 0 Å². The van der Waals surface area contributed by atoms with Gasteiger partial charge in [-0.25, -0.2) is 22.2 Å². The van der Waals surface area contributed by atoms with Gasteiger partial charge in [0, 0.05) is 17.0 Å². The van der Waals surface area contributed by atoms with E-state index in [9.17, 15) is 22.3 Å². The summed E-state index contributed by atoms with van der Waals surface area (Å²) in [6.07, 6.45) is 0.979. The van der Waals surface area contributed by atoms with Gasteiger partial charge in [0.2, 0.25) is 0 Å². The molecule has 0 saturated heterocycles. The molecule has 3 saturated carbocycles. The molecule has 0 amide bonds. The quantitative estimate of drug-likeness (QED) is 0.441. The summed E-state index contributed by atoms with van der Waals surface area (Å²) in [7, 11) is -4.20. The first-order valence-electron chi connectivity index (χ1n) is 10.4. The summed E-state index contributed by atoms with van der Waals surface area (Å²) in [5.41, 5.74) is -5.40. The molecule has 3 aliphatic carbocycles. The van der Waals surface area contributed by atoms with E-state index in [1.807, 2.05) is 0 Å². The summed E-state index contributed by atoms with van der Waals surface area (Å²) in [6, 6.07) is 7.90. The minimum Gasteiger partial charge on any atom is -0.377 e. The molecule has 2 bridgehead atoms. The van der Waals surface area contributed by atoms with Gasteiger partial charge >= 0.3 is 10.3 Å². The number of aliphatic hydroxyl groups is 1. The normalized spacial score (nSPS) is 25.3. The highest BCUT2D eigenvalue weighted by Crippen LogP contribution is 2.80. The Morgan fingerprint density at radius 3 is 2.31 bits per heavy atom. The van der Waals surface area contributed by atoms with Crippen LogP contribution in [-0.4, -0.2) is 39.7 Å². The first kappa shape index (κ1) is 23.6. The topological polar surface area (TPSA) is 133 Å². The molecule has 3 aliphatic rings. The van der Waals surface area contributed by atoms with Crippen LogP contribution in [0.3, 0.4) is 0 Å². The summed E-state index contributed by atoms with van der Waals surface area (Å²) >= 11 is 0. The third-order valence-corrected chi connectivity index (χ3v) is 7.48. The number of hydrogen-bond donors (Lipinski definition) is 2. The molecule has 35 heavy (non-hydrogen) atoms. The molecule has 1 aromatic heterocycles. The number of tetrazole rings is 1. The zero-order valence-corrected chi connectivity index (χ0v) is 18.7. The van der Waals surface area contributed by atoms with Crippen molar-refractivity contribution in [2.75, 3.05) is 0 Å². The number of alkyl halides is 2. The number of aromatic nitrogens is 4. The van der Waals surface area contributed by atoms with Gasteiger partial charge < -0.3 is 9.29 Å².